The first-order valence-corrected chi connectivity index (χ1v) is 7.84. The Bertz CT molecular complexity index is 780. The van der Waals surface area contributed by atoms with E-state index in [9.17, 15) is 4.79 Å². The van der Waals surface area contributed by atoms with Crippen LogP contribution in [0.25, 0.3) is 12.2 Å². The zero-order valence-electron chi connectivity index (χ0n) is 11.8. The molecule has 0 fully saturated rings. The molecular formula is C16H13ClN2O2S. The fourth-order valence-electron chi connectivity index (χ4n) is 2.03. The van der Waals surface area contributed by atoms with E-state index < -0.39 is 0 Å². The minimum atomic E-state index is -0.124. The van der Waals surface area contributed by atoms with Gasteiger partial charge in [0.05, 0.1) is 6.20 Å². The zero-order valence-corrected chi connectivity index (χ0v) is 13.4. The van der Waals surface area contributed by atoms with Crippen molar-refractivity contribution < 1.29 is 9.53 Å². The second-order valence-corrected chi connectivity index (χ2v) is 6.16. The standard InChI is InChI=1S/C16H13ClN2O2S/c1-18-16(20)14-8-19-15(22-14)5-2-10-6-11-7-12(17)3-4-13(11)21-9-10/h2-8H,9H2,1H3,(H,18,20). The lowest BCUT2D eigenvalue weighted by molar-refractivity contribution is 0.0967. The molecule has 0 saturated heterocycles. The summed E-state index contributed by atoms with van der Waals surface area (Å²) < 4.78 is 5.68. The van der Waals surface area contributed by atoms with E-state index in [1.165, 1.54) is 11.3 Å². The van der Waals surface area contributed by atoms with Gasteiger partial charge < -0.3 is 10.1 Å². The predicted octanol–water partition coefficient (Wildman–Crippen LogP) is 3.65. The second kappa shape index (κ2) is 6.34. The van der Waals surface area contributed by atoms with Crippen LogP contribution in [-0.4, -0.2) is 24.5 Å². The number of carbonyl (C=O) groups is 1. The summed E-state index contributed by atoms with van der Waals surface area (Å²) in [4.78, 5) is 16.3. The predicted molar refractivity (Wildman–Crippen MR) is 89.5 cm³/mol. The summed E-state index contributed by atoms with van der Waals surface area (Å²) in [5.74, 6) is 0.707. The van der Waals surface area contributed by atoms with Gasteiger partial charge in [-0.15, -0.1) is 11.3 Å². The maximum Gasteiger partial charge on any atom is 0.262 e. The number of aromatic nitrogens is 1. The van der Waals surface area contributed by atoms with Gasteiger partial charge >= 0.3 is 0 Å². The molecule has 0 radical (unpaired) electrons. The van der Waals surface area contributed by atoms with E-state index in [0.717, 1.165) is 21.9 Å². The van der Waals surface area contributed by atoms with Gasteiger partial charge in [-0.1, -0.05) is 17.7 Å². The number of thiazole rings is 1. The van der Waals surface area contributed by atoms with Gasteiger partial charge in [-0.3, -0.25) is 4.79 Å². The minimum Gasteiger partial charge on any atom is -0.488 e. The summed E-state index contributed by atoms with van der Waals surface area (Å²) in [6, 6.07) is 5.55. The van der Waals surface area contributed by atoms with Crippen molar-refractivity contribution in [1.29, 1.82) is 0 Å². The molecule has 2 heterocycles. The molecule has 1 amide bonds. The van der Waals surface area contributed by atoms with Crippen molar-refractivity contribution in [3.05, 3.63) is 56.5 Å². The molecule has 112 valence electrons. The highest BCUT2D eigenvalue weighted by Gasteiger charge is 2.11. The monoisotopic (exact) mass is 332 g/mol. The first-order valence-electron chi connectivity index (χ1n) is 6.64. The molecule has 1 aliphatic heterocycles. The van der Waals surface area contributed by atoms with Gasteiger partial charge in [0.25, 0.3) is 5.91 Å². The Kier molecular flexibility index (Phi) is 4.27. The molecule has 1 aliphatic rings. The number of rotatable bonds is 3. The summed E-state index contributed by atoms with van der Waals surface area (Å²) in [5.41, 5.74) is 1.98. The molecule has 0 unspecified atom stereocenters. The molecule has 4 nitrogen and oxygen atoms in total. The van der Waals surface area contributed by atoms with E-state index in [2.05, 4.69) is 10.3 Å². The molecule has 2 aromatic rings. The summed E-state index contributed by atoms with van der Waals surface area (Å²) in [6.07, 6.45) is 7.43. The first-order chi connectivity index (χ1) is 10.7. The van der Waals surface area contributed by atoms with Crippen molar-refractivity contribution >= 4 is 41.0 Å². The average molecular weight is 333 g/mol. The number of hydrogen-bond donors (Lipinski definition) is 1. The van der Waals surface area contributed by atoms with Crippen molar-refractivity contribution in [3.8, 4) is 5.75 Å². The van der Waals surface area contributed by atoms with E-state index in [0.29, 0.717) is 16.5 Å². The molecule has 0 atom stereocenters. The quantitative estimate of drug-likeness (QED) is 0.933. The molecule has 0 aliphatic carbocycles. The van der Waals surface area contributed by atoms with Gasteiger partial charge in [-0.25, -0.2) is 4.98 Å². The third-order valence-electron chi connectivity index (χ3n) is 3.12. The third-order valence-corrected chi connectivity index (χ3v) is 4.32. The van der Waals surface area contributed by atoms with Crippen molar-refractivity contribution in [2.45, 2.75) is 0 Å². The van der Waals surface area contributed by atoms with Crippen LogP contribution in [0, 0.1) is 0 Å². The van der Waals surface area contributed by atoms with Crippen molar-refractivity contribution in [1.82, 2.24) is 10.3 Å². The average Bonchev–Trinajstić information content (AvgIpc) is 3.00. The lowest BCUT2D eigenvalue weighted by Gasteiger charge is -2.16. The molecule has 0 spiro atoms. The number of fused-ring (bicyclic) bond motifs is 1. The molecule has 22 heavy (non-hydrogen) atoms. The fourth-order valence-corrected chi connectivity index (χ4v) is 2.98. The number of carbonyl (C=O) groups excluding carboxylic acids is 1. The van der Waals surface area contributed by atoms with Crippen LogP contribution in [0.2, 0.25) is 5.02 Å². The Morgan fingerprint density at radius 1 is 1.45 bits per heavy atom. The summed E-state index contributed by atoms with van der Waals surface area (Å²) >= 11 is 7.34. The molecule has 1 aromatic heterocycles. The molecule has 0 bridgehead atoms. The Morgan fingerprint density at radius 3 is 3.14 bits per heavy atom. The molecule has 1 N–H and O–H groups in total. The van der Waals surface area contributed by atoms with Crippen LogP contribution < -0.4 is 10.1 Å². The second-order valence-electron chi connectivity index (χ2n) is 4.67. The number of benzene rings is 1. The normalized spacial score (nSPS) is 13.5. The van der Waals surface area contributed by atoms with Crippen LogP contribution in [-0.2, 0) is 0 Å². The summed E-state index contributed by atoms with van der Waals surface area (Å²) in [5, 5.41) is 4.03. The van der Waals surface area contributed by atoms with Crippen molar-refractivity contribution in [2.75, 3.05) is 13.7 Å². The number of amides is 1. The van der Waals surface area contributed by atoms with Crippen LogP contribution in [0.3, 0.4) is 0 Å². The minimum absolute atomic E-state index is 0.124. The lowest BCUT2D eigenvalue weighted by atomic mass is 10.1. The van der Waals surface area contributed by atoms with Gasteiger partial charge in [0.15, 0.2) is 0 Å². The highest BCUT2D eigenvalue weighted by molar-refractivity contribution is 7.14. The van der Waals surface area contributed by atoms with Crippen molar-refractivity contribution in [3.63, 3.8) is 0 Å². The van der Waals surface area contributed by atoms with Gasteiger partial charge in [0.2, 0.25) is 0 Å². The number of nitrogens with zero attached hydrogens (tertiary/aromatic N) is 1. The van der Waals surface area contributed by atoms with E-state index in [1.54, 1.807) is 13.2 Å². The van der Waals surface area contributed by atoms with Gasteiger partial charge in [0, 0.05) is 17.6 Å². The summed E-state index contributed by atoms with van der Waals surface area (Å²) in [6.45, 7) is 0.499. The number of nitrogens with one attached hydrogen (secondary N) is 1. The van der Waals surface area contributed by atoms with E-state index in [4.69, 9.17) is 16.3 Å². The Morgan fingerprint density at radius 2 is 2.32 bits per heavy atom. The Balaban J connectivity index is 1.78. The number of ether oxygens (including phenoxy) is 1. The molecule has 6 heteroatoms. The Hall–Kier alpha value is -2.11. The lowest BCUT2D eigenvalue weighted by Crippen LogP contribution is -2.16. The van der Waals surface area contributed by atoms with Crippen LogP contribution in [0.5, 0.6) is 5.75 Å². The highest BCUT2D eigenvalue weighted by Crippen LogP contribution is 2.29. The van der Waals surface area contributed by atoms with Crippen LogP contribution in [0.15, 0.2) is 36.0 Å². The Labute approximate surface area is 137 Å². The number of halogens is 1. The van der Waals surface area contributed by atoms with E-state index >= 15 is 0 Å². The summed E-state index contributed by atoms with van der Waals surface area (Å²) in [7, 11) is 1.60. The van der Waals surface area contributed by atoms with Gasteiger partial charge in [0.1, 0.15) is 22.2 Å². The van der Waals surface area contributed by atoms with Crippen LogP contribution in [0.4, 0.5) is 0 Å². The van der Waals surface area contributed by atoms with E-state index in [-0.39, 0.29) is 5.91 Å². The molecular weight excluding hydrogens is 320 g/mol. The number of hydrogen-bond acceptors (Lipinski definition) is 4. The van der Waals surface area contributed by atoms with Crippen LogP contribution >= 0.6 is 22.9 Å². The largest absolute Gasteiger partial charge is 0.488 e. The van der Waals surface area contributed by atoms with Gasteiger partial charge in [-0.2, -0.15) is 0 Å². The fraction of sp³-hybridized carbons (Fsp3) is 0.125. The van der Waals surface area contributed by atoms with E-state index in [1.807, 2.05) is 36.4 Å². The molecule has 1 aromatic carbocycles. The SMILES string of the molecule is CNC(=O)c1cnc(C=CC2=Cc3cc(Cl)ccc3OC2)s1. The topological polar surface area (TPSA) is 51.2 Å². The smallest absolute Gasteiger partial charge is 0.262 e. The molecule has 0 saturated carbocycles. The first kappa shape index (κ1) is 14.8. The maximum atomic E-state index is 11.5. The molecule has 3 rings (SSSR count). The van der Waals surface area contributed by atoms with Gasteiger partial charge in [-0.05, 0) is 35.9 Å². The van der Waals surface area contributed by atoms with Crippen LogP contribution in [0.1, 0.15) is 20.2 Å². The zero-order chi connectivity index (χ0) is 15.5. The third kappa shape index (κ3) is 3.21. The van der Waals surface area contributed by atoms with Crippen molar-refractivity contribution in [2.24, 2.45) is 0 Å². The maximum absolute atomic E-state index is 11.5. The highest BCUT2D eigenvalue weighted by atomic mass is 35.5.